The molecule has 0 radical (unpaired) electrons. The van der Waals surface area contributed by atoms with Crippen molar-refractivity contribution in [3.63, 3.8) is 0 Å². The number of rotatable bonds is 4. The highest BCUT2D eigenvalue weighted by molar-refractivity contribution is 5.74. The fraction of sp³-hybridized carbons (Fsp3) is 0.188. The van der Waals surface area contributed by atoms with Gasteiger partial charge in [-0.05, 0) is 23.1 Å². The van der Waals surface area contributed by atoms with Crippen molar-refractivity contribution >= 4 is 5.97 Å². The predicted molar refractivity (Wildman–Crippen MR) is 69.9 cm³/mol. The van der Waals surface area contributed by atoms with Gasteiger partial charge in [-0.15, -0.1) is 0 Å². The lowest BCUT2D eigenvalue weighted by Crippen LogP contribution is -2.29. The van der Waals surface area contributed by atoms with Gasteiger partial charge < -0.3 is 9.90 Å². The van der Waals surface area contributed by atoms with Gasteiger partial charge in [0.1, 0.15) is 0 Å². The maximum absolute atomic E-state index is 11.0. The van der Waals surface area contributed by atoms with E-state index in [0.717, 1.165) is 16.7 Å². The van der Waals surface area contributed by atoms with Gasteiger partial charge in [-0.3, -0.25) is 0 Å². The zero-order valence-corrected chi connectivity index (χ0v) is 10.3. The highest BCUT2D eigenvalue weighted by atomic mass is 16.4. The lowest BCUT2D eigenvalue weighted by Gasteiger charge is -2.16. The van der Waals surface area contributed by atoms with Crippen LogP contribution in [0.3, 0.4) is 0 Å². The Kier molecular flexibility index (Phi) is 3.78. The Balaban J connectivity index is 2.28. The van der Waals surface area contributed by atoms with Crippen LogP contribution >= 0.6 is 0 Å². The lowest BCUT2D eigenvalue weighted by molar-refractivity contribution is -0.308. The van der Waals surface area contributed by atoms with E-state index in [1.54, 1.807) is 0 Å². The molecular formula is C16H15O2-. The summed E-state index contributed by atoms with van der Waals surface area (Å²) >= 11 is 0. The van der Waals surface area contributed by atoms with Gasteiger partial charge >= 0.3 is 0 Å². The van der Waals surface area contributed by atoms with Crippen molar-refractivity contribution in [1.29, 1.82) is 0 Å². The Hall–Kier alpha value is -2.09. The number of benzene rings is 2. The van der Waals surface area contributed by atoms with Crippen LogP contribution in [0.4, 0.5) is 0 Å². The molecular weight excluding hydrogens is 224 g/mol. The maximum atomic E-state index is 11.0. The summed E-state index contributed by atoms with van der Waals surface area (Å²) in [5.41, 5.74) is 3.02. The first-order valence-electron chi connectivity index (χ1n) is 6.08. The first kappa shape index (κ1) is 12.4. The molecule has 0 bridgehead atoms. The van der Waals surface area contributed by atoms with Gasteiger partial charge in [-0.2, -0.15) is 0 Å². The van der Waals surface area contributed by atoms with Gasteiger partial charge in [0.2, 0.25) is 0 Å². The van der Waals surface area contributed by atoms with Gasteiger partial charge in [-0.25, -0.2) is 0 Å². The molecule has 0 aromatic heterocycles. The van der Waals surface area contributed by atoms with Gasteiger partial charge in [0.15, 0.2) is 0 Å². The fourth-order valence-corrected chi connectivity index (χ4v) is 2.08. The molecule has 2 heteroatoms. The minimum absolute atomic E-state index is 0.519. The van der Waals surface area contributed by atoms with Crippen molar-refractivity contribution in [3.8, 4) is 11.1 Å². The van der Waals surface area contributed by atoms with Crippen molar-refractivity contribution in [2.75, 3.05) is 0 Å². The largest absolute Gasteiger partial charge is 0.549 e. The molecule has 0 amide bonds. The van der Waals surface area contributed by atoms with Crippen LogP contribution in [0.25, 0.3) is 11.1 Å². The van der Waals surface area contributed by atoms with E-state index in [2.05, 4.69) is 0 Å². The zero-order chi connectivity index (χ0) is 13.0. The minimum Gasteiger partial charge on any atom is -0.549 e. The predicted octanol–water partition coefficient (Wildman–Crippen LogP) is 2.60. The molecule has 0 aliphatic heterocycles. The third-order valence-electron chi connectivity index (χ3n) is 3.11. The molecule has 0 heterocycles. The fourth-order valence-electron chi connectivity index (χ4n) is 2.08. The Bertz CT molecular complexity index is 515. The van der Waals surface area contributed by atoms with Gasteiger partial charge in [-0.1, -0.05) is 61.5 Å². The average Bonchev–Trinajstić information content (AvgIpc) is 2.41. The van der Waals surface area contributed by atoms with E-state index < -0.39 is 11.9 Å². The van der Waals surface area contributed by atoms with Crippen LogP contribution in [-0.2, 0) is 4.79 Å². The molecule has 0 saturated carbocycles. The molecule has 2 nitrogen and oxygen atoms in total. The van der Waals surface area contributed by atoms with E-state index in [0.29, 0.717) is 6.42 Å². The van der Waals surface area contributed by atoms with Crippen molar-refractivity contribution in [3.05, 3.63) is 60.2 Å². The van der Waals surface area contributed by atoms with E-state index >= 15 is 0 Å². The Morgan fingerprint density at radius 1 is 1.00 bits per heavy atom. The van der Waals surface area contributed by atoms with E-state index in [1.807, 2.05) is 61.5 Å². The molecule has 2 aromatic rings. The van der Waals surface area contributed by atoms with Gasteiger partial charge in [0.05, 0.1) is 0 Å². The molecule has 0 aliphatic rings. The van der Waals surface area contributed by atoms with Crippen molar-refractivity contribution in [1.82, 2.24) is 0 Å². The van der Waals surface area contributed by atoms with Crippen LogP contribution in [0.2, 0.25) is 0 Å². The molecule has 92 valence electrons. The molecule has 0 saturated heterocycles. The number of carbonyl (C=O) groups excluding carboxylic acids is 1. The molecule has 0 unspecified atom stereocenters. The maximum Gasteiger partial charge on any atom is 0.0489 e. The number of carboxylic acid groups (broad SMARTS) is 1. The van der Waals surface area contributed by atoms with Crippen LogP contribution in [0, 0.1) is 0 Å². The molecule has 0 aliphatic carbocycles. The number of hydrogen-bond donors (Lipinski definition) is 0. The summed E-state index contributed by atoms with van der Waals surface area (Å²) < 4.78 is 0. The smallest absolute Gasteiger partial charge is 0.0489 e. The monoisotopic (exact) mass is 239 g/mol. The zero-order valence-electron chi connectivity index (χ0n) is 10.3. The normalized spacial score (nSPS) is 12.1. The Morgan fingerprint density at radius 3 is 2.06 bits per heavy atom. The number of hydrogen-bond acceptors (Lipinski definition) is 2. The SMILES string of the molecule is CC[C@H](C(=O)[O-])c1ccc(-c2ccccc2)cc1. The summed E-state index contributed by atoms with van der Waals surface area (Å²) in [7, 11) is 0. The molecule has 2 aromatic carbocycles. The van der Waals surface area contributed by atoms with Crippen LogP contribution in [-0.4, -0.2) is 5.97 Å². The van der Waals surface area contributed by atoms with Crippen molar-refractivity contribution in [2.45, 2.75) is 19.3 Å². The summed E-state index contributed by atoms with van der Waals surface area (Å²) in [5.74, 6) is -1.53. The molecule has 0 spiro atoms. The summed E-state index contributed by atoms with van der Waals surface area (Å²) in [4.78, 5) is 11.0. The Morgan fingerprint density at radius 2 is 1.56 bits per heavy atom. The highest BCUT2D eigenvalue weighted by Gasteiger charge is 2.10. The first-order chi connectivity index (χ1) is 8.72. The van der Waals surface area contributed by atoms with Crippen LogP contribution in [0.15, 0.2) is 54.6 Å². The van der Waals surface area contributed by atoms with Crippen LogP contribution < -0.4 is 5.11 Å². The number of carboxylic acids is 1. The number of carbonyl (C=O) groups is 1. The lowest BCUT2D eigenvalue weighted by atomic mass is 9.94. The molecule has 0 N–H and O–H groups in total. The quantitative estimate of drug-likeness (QED) is 0.822. The van der Waals surface area contributed by atoms with E-state index in [4.69, 9.17) is 0 Å². The second-order valence-electron chi connectivity index (χ2n) is 4.27. The second kappa shape index (κ2) is 5.50. The van der Waals surface area contributed by atoms with Crippen LogP contribution in [0.1, 0.15) is 24.8 Å². The number of aliphatic carboxylic acids is 1. The summed E-state index contributed by atoms with van der Waals surface area (Å²) in [6.45, 7) is 1.85. The van der Waals surface area contributed by atoms with E-state index in [-0.39, 0.29) is 0 Å². The molecule has 2 rings (SSSR count). The molecule has 0 fully saturated rings. The third-order valence-corrected chi connectivity index (χ3v) is 3.11. The topological polar surface area (TPSA) is 40.1 Å². The Labute approximate surface area is 107 Å². The summed E-state index contributed by atoms with van der Waals surface area (Å²) in [6.07, 6.45) is 0.549. The van der Waals surface area contributed by atoms with Crippen LogP contribution in [0.5, 0.6) is 0 Å². The van der Waals surface area contributed by atoms with Gasteiger partial charge in [0, 0.05) is 11.9 Å². The third kappa shape index (κ3) is 2.59. The summed E-state index contributed by atoms with van der Waals surface area (Å²) in [6, 6.07) is 17.7. The van der Waals surface area contributed by atoms with Crippen molar-refractivity contribution < 1.29 is 9.90 Å². The first-order valence-corrected chi connectivity index (χ1v) is 6.08. The molecule has 1 atom stereocenters. The standard InChI is InChI=1S/C16H16O2/c1-2-15(16(17)18)14-10-8-13(9-11-14)12-6-4-3-5-7-12/h3-11,15H,2H2,1H3,(H,17,18)/p-1/t15-/m0/s1. The summed E-state index contributed by atoms with van der Waals surface area (Å²) in [5, 5.41) is 11.0. The average molecular weight is 239 g/mol. The van der Waals surface area contributed by atoms with E-state index in [1.165, 1.54) is 0 Å². The minimum atomic E-state index is -1.01. The highest BCUT2D eigenvalue weighted by Crippen LogP contribution is 2.24. The van der Waals surface area contributed by atoms with E-state index in [9.17, 15) is 9.90 Å². The molecule has 18 heavy (non-hydrogen) atoms. The van der Waals surface area contributed by atoms with Crippen molar-refractivity contribution in [2.24, 2.45) is 0 Å². The second-order valence-corrected chi connectivity index (χ2v) is 4.27. The van der Waals surface area contributed by atoms with Gasteiger partial charge in [0.25, 0.3) is 0 Å².